The molecule has 0 aliphatic rings. The van der Waals surface area contributed by atoms with E-state index in [0.717, 1.165) is 38.4 Å². The van der Waals surface area contributed by atoms with Crippen molar-refractivity contribution in [1.29, 1.82) is 0 Å². The Kier molecular flexibility index (Phi) is 5.90. The molecule has 0 fully saturated rings. The Morgan fingerprint density at radius 3 is 2.81 bits per heavy atom. The zero-order chi connectivity index (χ0) is 11.8. The molecule has 90 valence electrons. The molecular weight excluding hydrogens is 200 g/mol. The molecule has 0 radical (unpaired) electrons. The third kappa shape index (κ3) is 5.14. The quantitative estimate of drug-likeness (QED) is 0.762. The number of rotatable bonds is 7. The van der Waals surface area contributed by atoms with Crippen LogP contribution in [0, 0.1) is 6.92 Å². The predicted molar refractivity (Wildman–Crippen MR) is 67.8 cm³/mol. The van der Waals surface area contributed by atoms with E-state index in [1.807, 2.05) is 12.1 Å². The number of nitrogens with two attached hydrogens (primary N) is 1. The second kappa shape index (κ2) is 7.25. The zero-order valence-corrected chi connectivity index (χ0v) is 10.3. The first kappa shape index (κ1) is 13.0. The van der Waals surface area contributed by atoms with E-state index in [1.165, 1.54) is 5.56 Å². The van der Waals surface area contributed by atoms with Gasteiger partial charge in [0.25, 0.3) is 0 Å². The number of hydrogen-bond donors (Lipinski definition) is 1. The van der Waals surface area contributed by atoms with Gasteiger partial charge in [0.15, 0.2) is 0 Å². The summed E-state index contributed by atoms with van der Waals surface area (Å²) in [6, 6.07) is 8.13. The third-order valence-electron chi connectivity index (χ3n) is 2.48. The van der Waals surface area contributed by atoms with Gasteiger partial charge in [0.1, 0.15) is 12.4 Å². The Balaban J connectivity index is 2.20. The molecule has 1 aromatic carbocycles. The molecule has 0 spiro atoms. The van der Waals surface area contributed by atoms with Gasteiger partial charge in [0, 0.05) is 6.54 Å². The highest BCUT2D eigenvalue weighted by Gasteiger charge is 1.98. The molecule has 2 N–H and O–H groups in total. The maximum Gasteiger partial charge on any atom is 0.119 e. The van der Waals surface area contributed by atoms with Gasteiger partial charge in [-0.25, -0.2) is 0 Å². The van der Waals surface area contributed by atoms with Gasteiger partial charge >= 0.3 is 0 Å². The van der Waals surface area contributed by atoms with Crippen molar-refractivity contribution in [2.75, 3.05) is 33.3 Å². The van der Waals surface area contributed by atoms with Gasteiger partial charge in [-0.2, -0.15) is 0 Å². The molecule has 0 aliphatic carbocycles. The zero-order valence-electron chi connectivity index (χ0n) is 10.3. The lowest BCUT2D eigenvalue weighted by Gasteiger charge is -2.16. The highest BCUT2D eigenvalue weighted by Crippen LogP contribution is 2.11. The van der Waals surface area contributed by atoms with Gasteiger partial charge < -0.3 is 15.4 Å². The van der Waals surface area contributed by atoms with Crippen molar-refractivity contribution in [2.45, 2.75) is 13.3 Å². The summed E-state index contributed by atoms with van der Waals surface area (Å²) in [6.45, 7) is 5.52. The fourth-order valence-corrected chi connectivity index (χ4v) is 1.50. The summed E-state index contributed by atoms with van der Waals surface area (Å²) < 4.78 is 5.66. The van der Waals surface area contributed by atoms with Crippen molar-refractivity contribution in [2.24, 2.45) is 5.73 Å². The molecule has 3 heteroatoms. The number of likely N-dealkylation sites (N-methyl/N-ethyl adjacent to an activating group) is 1. The summed E-state index contributed by atoms with van der Waals surface area (Å²) >= 11 is 0. The van der Waals surface area contributed by atoms with Crippen LogP contribution in [0.1, 0.15) is 12.0 Å². The van der Waals surface area contributed by atoms with E-state index in [1.54, 1.807) is 0 Å². The maximum atomic E-state index is 5.66. The van der Waals surface area contributed by atoms with Gasteiger partial charge in [-0.3, -0.25) is 0 Å². The first-order chi connectivity index (χ1) is 7.72. The molecule has 0 aromatic heterocycles. The van der Waals surface area contributed by atoms with Crippen LogP contribution < -0.4 is 10.5 Å². The molecule has 0 bridgehead atoms. The van der Waals surface area contributed by atoms with Crippen LogP contribution in [0.5, 0.6) is 5.75 Å². The normalized spacial score (nSPS) is 10.8. The van der Waals surface area contributed by atoms with Crippen LogP contribution in [0.2, 0.25) is 0 Å². The fourth-order valence-electron chi connectivity index (χ4n) is 1.50. The van der Waals surface area contributed by atoms with E-state index in [0.29, 0.717) is 0 Å². The molecule has 0 atom stereocenters. The molecule has 0 amide bonds. The minimum atomic E-state index is 0.727. The first-order valence-corrected chi connectivity index (χ1v) is 5.80. The number of hydrogen-bond acceptors (Lipinski definition) is 3. The molecule has 16 heavy (non-hydrogen) atoms. The number of ether oxygens (including phenoxy) is 1. The summed E-state index contributed by atoms with van der Waals surface area (Å²) in [4.78, 5) is 2.24. The average Bonchev–Trinajstić information content (AvgIpc) is 2.26. The van der Waals surface area contributed by atoms with Gasteiger partial charge in [-0.05, 0) is 51.2 Å². The van der Waals surface area contributed by atoms with Crippen LogP contribution in [0.3, 0.4) is 0 Å². The molecule has 3 nitrogen and oxygen atoms in total. The van der Waals surface area contributed by atoms with E-state index < -0.39 is 0 Å². The minimum Gasteiger partial charge on any atom is -0.492 e. The van der Waals surface area contributed by atoms with E-state index in [9.17, 15) is 0 Å². The first-order valence-electron chi connectivity index (χ1n) is 5.80. The lowest BCUT2D eigenvalue weighted by atomic mass is 10.2. The third-order valence-corrected chi connectivity index (χ3v) is 2.48. The number of aryl methyl sites for hydroxylation is 1. The van der Waals surface area contributed by atoms with Crippen molar-refractivity contribution in [1.82, 2.24) is 4.90 Å². The molecule has 0 aliphatic heterocycles. The van der Waals surface area contributed by atoms with Gasteiger partial charge in [-0.15, -0.1) is 0 Å². The summed E-state index contributed by atoms with van der Waals surface area (Å²) in [6.07, 6.45) is 1.04. The van der Waals surface area contributed by atoms with E-state index in [2.05, 4.69) is 31.0 Å². The molecule has 0 unspecified atom stereocenters. The van der Waals surface area contributed by atoms with Crippen LogP contribution in [0.25, 0.3) is 0 Å². The lowest BCUT2D eigenvalue weighted by molar-refractivity contribution is 0.236. The van der Waals surface area contributed by atoms with Crippen molar-refractivity contribution >= 4 is 0 Å². The van der Waals surface area contributed by atoms with Gasteiger partial charge in [0.2, 0.25) is 0 Å². The van der Waals surface area contributed by atoms with Crippen LogP contribution in [0.4, 0.5) is 0 Å². The Bertz CT molecular complexity index is 302. The van der Waals surface area contributed by atoms with Crippen molar-refractivity contribution in [3.63, 3.8) is 0 Å². The standard InChI is InChI=1S/C13H22N2O/c1-12-5-3-6-13(11-12)16-10-9-15(2)8-4-7-14/h3,5-6,11H,4,7-10,14H2,1-2H3. The summed E-state index contributed by atoms with van der Waals surface area (Å²) in [5.74, 6) is 0.951. The van der Waals surface area contributed by atoms with Crippen molar-refractivity contribution < 1.29 is 4.74 Å². The summed E-state index contributed by atoms with van der Waals surface area (Å²) in [5.41, 5.74) is 6.69. The molecule has 0 heterocycles. The molecule has 1 rings (SSSR count). The predicted octanol–water partition coefficient (Wildman–Crippen LogP) is 1.65. The summed E-state index contributed by atoms with van der Waals surface area (Å²) in [7, 11) is 2.09. The number of nitrogens with zero attached hydrogens (tertiary/aromatic N) is 1. The van der Waals surface area contributed by atoms with E-state index in [-0.39, 0.29) is 0 Å². The molecule has 0 saturated heterocycles. The summed E-state index contributed by atoms with van der Waals surface area (Å²) in [5, 5.41) is 0. The number of benzene rings is 1. The van der Waals surface area contributed by atoms with Gasteiger partial charge in [-0.1, -0.05) is 12.1 Å². The average molecular weight is 222 g/mol. The molecule has 1 aromatic rings. The van der Waals surface area contributed by atoms with Crippen molar-refractivity contribution in [3.05, 3.63) is 29.8 Å². The van der Waals surface area contributed by atoms with Gasteiger partial charge in [0.05, 0.1) is 0 Å². The Morgan fingerprint density at radius 2 is 2.12 bits per heavy atom. The highest BCUT2D eigenvalue weighted by atomic mass is 16.5. The Labute approximate surface area is 98.2 Å². The lowest BCUT2D eigenvalue weighted by Crippen LogP contribution is -2.26. The highest BCUT2D eigenvalue weighted by molar-refractivity contribution is 5.27. The van der Waals surface area contributed by atoms with Crippen LogP contribution in [0.15, 0.2) is 24.3 Å². The second-order valence-electron chi connectivity index (χ2n) is 4.11. The minimum absolute atomic E-state index is 0.727. The van der Waals surface area contributed by atoms with E-state index in [4.69, 9.17) is 10.5 Å². The molecular formula is C13H22N2O. The Morgan fingerprint density at radius 1 is 1.31 bits per heavy atom. The van der Waals surface area contributed by atoms with Crippen LogP contribution >= 0.6 is 0 Å². The van der Waals surface area contributed by atoms with Crippen LogP contribution in [-0.4, -0.2) is 38.2 Å². The monoisotopic (exact) mass is 222 g/mol. The van der Waals surface area contributed by atoms with E-state index >= 15 is 0 Å². The smallest absolute Gasteiger partial charge is 0.119 e. The SMILES string of the molecule is Cc1cccc(OCCN(C)CCCN)c1. The molecule has 0 saturated carbocycles. The van der Waals surface area contributed by atoms with Crippen molar-refractivity contribution in [3.8, 4) is 5.75 Å². The Hall–Kier alpha value is -1.06. The topological polar surface area (TPSA) is 38.5 Å². The fraction of sp³-hybridized carbons (Fsp3) is 0.538. The second-order valence-corrected chi connectivity index (χ2v) is 4.11. The maximum absolute atomic E-state index is 5.66. The largest absolute Gasteiger partial charge is 0.492 e. The van der Waals surface area contributed by atoms with Crippen LogP contribution in [-0.2, 0) is 0 Å².